The smallest absolute Gasteiger partial charge is 0.268 e. The van der Waals surface area contributed by atoms with Gasteiger partial charge in [0.1, 0.15) is 11.7 Å². The molecule has 0 aliphatic carbocycles. The van der Waals surface area contributed by atoms with Crippen molar-refractivity contribution in [1.29, 1.82) is 0 Å². The fourth-order valence-electron chi connectivity index (χ4n) is 2.74. The summed E-state index contributed by atoms with van der Waals surface area (Å²) in [5.74, 6) is -0.687. The Bertz CT molecular complexity index is 834. The number of benzene rings is 1. The van der Waals surface area contributed by atoms with Crippen LogP contribution in [0, 0.1) is 0 Å². The number of H-pyrrole nitrogens is 1. The first kappa shape index (κ1) is 16.3. The third-order valence-electron chi connectivity index (χ3n) is 3.90. The zero-order valence-corrected chi connectivity index (χ0v) is 13.5. The number of aromatic amines is 1. The Balaban J connectivity index is 1.77. The Morgan fingerprint density at radius 1 is 1.17 bits per heavy atom. The molecule has 24 heavy (non-hydrogen) atoms. The van der Waals surface area contributed by atoms with E-state index in [1.807, 2.05) is 6.07 Å². The lowest BCUT2D eigenvalue weighted by atomic mass is 10.0. The molecule has 0 saturated carbocycles. The summed E-state index contributed by atoms with van der Waals surface area (Å²) in [5, 5.41) is 3.18. The van der Waals surface area contributed by atoms with Gasteiger partial charge in [-0.15, -0.1) is 0 Å². The van der Waals surface area contributed by atoms with Crippen LogP contribution in [0.3, 0.4) is 0 Å². The van der Waals surface area contributed by atoms with E-state index in [4.69, 9.17) is 11.6 Å². The fraction of sp³-hybridized carbons (Fsp3) is 0.235. The number of anilines is 1. The number of hydrogen-bond acceptors (Lipinski definition) is 3. The molecule has 1 aliphatic heterocycles. The van der Waals surface area contributed by atoms with Crippen molar-refractivity contribution in [3.05, 3.63) is 63.5 Å². The lowest BCUT2D eigenvalue weighted by Crippen LogP contribution is -2.52. The maximum absolute atomic E-state index is 12.7. The molecule has 1 aliphatic rings. The summed E-state index contributed by atoms with van der Waals surface area (Å²) in [5.41, 5.74) is 0.400. The predicted molar refractivity (Wildman–Crippen MR) is 91.4 cm³/mol. The molecule has 0 radical (unpaired) electrons. The van der Waals surface area contributed by atoms with Gasteiger partial charge in [-0.05, 0) is 31.0 Å². The van der Waals surface area contributed by atoms with Gasteiger partial charge in [0.05, 0.1) is 10.7 Å². The van der Waals surface area contributed by atoms with Crippen molar-refractivity contribution >= 4 is 29.1 Å². The number of aromatic nitrogens is 1. The summed E-state index contributed by atoms with van der Waals surface area (Å²) >= 11 is 6.17. The fourth-order valence-corrected chi connectivity index (χ4v) is 2.97. The highest BCUT2D eigenvalue weighted by atomic mass is 35.5. The van der Waals surface area contributed by atoms with Crippen molar-refractivity contribution in [1.82, 2.24) is 10.3 Å². The maximum Gasteiger partial charge on any atom is 0.268 e. The van der Waals surface area contributed by atoms with Crippen molar-refractivity contribution in [2.24, 2.45) is 0 Å². The molecule has 1 saturated heterocycles. The first-order chi connectivity index (χ1) is 11.6. The van der Waals surface area contributed by atoms with Crippen LogP contribution in [0.2, 0.25) is 5.02 Å². The van der Waals surface area contributed by atoms with E-state index in [0.29, 0.717) is 23.7 Å². The average Bonchev–Trinajstić information content (AvgIpc) is 2.57. The van der Waals surface area contributed by atoms with Gasteiger partial charge in [-0.25, -0.2) is 0 Å². The van der Waals surface area contributed by atoms with E-state index in [-0.39, 0.29) is 17.2 Å². The number of hydrogen-bond donors (Lipinski definition) is 2. The van der Waals surface area contributed by atoms with Gasteiger partial charge in [-0.2, -0.15) is 0 Å². The monoisotopic (exact) mass is 345 g/mol. The number of pyridine rings is 1. The highest BCUT2D eigenvalue weighted by Gasteiger charge is 2.31. The normalized spacial score (nSPS) is 17.6. The number of carbonyl (C=O) groups excluding carboxylic acids is 2. The van der Waals surface area contributed by atoms with Crippen molar-refractivity contribution in [2.45, 2.75) is 18.9 Å². The molecule has 124 valence electrons. The molecular formula is C17H16ClN3O3. The topological polar surface area (TPSA) is 82.3 Å². The van der Waals surface area contributed by atoms with E-state index in [9.17, 15) is 14.4 Å². The minimum absolute atomic E-state index is 0.130. The van der Waals surface area contributed by atoms with E-state index >= 15 is 0 Å². The van der Waals surface area contributed by atoms with Crippen molar-refractivity contribution in [2.75, 3.05) is 11.4 Å². The number of halogens is 1. The minimum atomic E-state index is -0.647. The molecule has 1 aromatic carbocycles. The van der Waals surface area contributed by atoms with Crippen LogP contribution in [0.15, 0.2) is 47.3 Å². The second-order valence-electron chi connectivity index (χ2n) is 5.54. The number of para-hydroxylation sites is 1. The lowest BCUT2D eigenvalue weighted by molar-refractivity contribution is -0.121. The van der Waals surface area contributed by atoms with Gasteiger partial charge in [0.15, 0.2) is 0 Å². The lowest BCUT2D eigenvalue weighted by Gasteiger charge is -2.33. The van der Waals surface area contributed by atoms with E-state index in [1.165, 1.54) is 18.2 Å². The Morgan fingerprint density at radius 2 is 1.96 bits per heavy atom. The van der Waals surface area contributed by atoms with Gasteiger partial charge in [0, 0.05) is 12.6 Å². The molecule has 0 bridgehead atoms. The standard InChI is InChI=1S/C17H16ClN3O3/c18-11-5-1-2-8-14(11)21-10-4-7-13(17(21)24)20-16(23)12-6-3-9-15(22)19-12/h1-3,5-6,8-9,13H,4,7,10H2,(H,19,22)(H,20,23). The summed E-state index contributed by atoms with van der Waals surface area (Å²) in [6, 6.07) is 10.8. The SMILES string of the molecule is O=C(NC1CCCN(c2ccccc2Cl)C1=O)c1cccc(=O)[nH]1. The zero-order chi connectivity index (χ0) is 17.1. The molecule has 2 aromatic rings. The third kappa shape index (κ3) is 3.33. The van der Waals surface area contributed by atoms with Crippen LogP contribution in [0.4, 0.5) is 5.69 Å². The van der Waals surface area contributed by atoms with Crippen molar-refractivity contribution in [3.63, 3.8) is 0 Å². The number of rotatable bonds is 3. The molecule has 7 heteroatoms. The first-order valence-electron chi connectivity index (χ1n) is 7.62. The Labute approximate surface area is 143 Å². The Morgan fingerprint density at radius 3 is 2.71 bits per heavy atom. The van der Waals surface area contributed by atoms with E-state index in [2.05, 4.69) is 10.3 Å². The second kappa shape index (κ2) is 6.88. The largest absolute Gasteiger partial charge is 0.339 e. The number of nitrogens with zero attached hydrogens (tertiary/aromatic N) is 1. The maximum atomic E-state index is 12.7. The number of carbonyl (C=O) groups is 2. The highest BCUT2D eigenvalue weighted by molar-refractivity contribution is 6.33. The van der Waals surface area contributed by atoms with Gasteiger partial charge in [0.25, 0.3) is 5.91 Å². The summed E-state index contributed by atoms with van der Waals surface area (Å²) in [6.45, 7) is 0.553. The number of amides is 2. The quantitative estimate of drug-likeness (QED) is 0.892. The molecule has 2 heterocycles. The van der Waals surface area contributed by atoms with Crippen LogP contribution in [-0.2, 0) is 4.79 Å². The van der Waals surface area contributed by atoms with Crippen LogP contribution in [0.25, 0.3) is 0 Å². The summed E-state index contributed by atoms with van der Waals surface area (Å²) in [4.78, 5) is 40.3. The third-order valence-corrected chi connectivity index (χ3v) is 4.22. The molecule has 1 atom stereocenters. The van der Waals surface area contributed by atoms with Gasteiger partial charge in [0.2, 0.25) is 11.5 Å². The zero-order valence-electron chi connectivity index (χ0n) is 12.8. The Kier molecular flexibility index (Phi) is 4.66. The summed E-state index contributed by atoms with van der Waals surface area (Å²) in [7, 11) is 0. The van der Waals surface area contributed by atoms with Gasteiger partial charge < -0.3 is 15.2 Å². The predicted octanol–water partition coefficient (Wildman–Crippen LogP) is 1.95. The number of nitrogens with one attached hydrogen (secondary N) is 2. The van der Waals surface area contributed by atoms with Crippen LogP contribution in [0.5, 0.6) is 0 Å². The average molecular weight is 346 g/mol. The van der Waals surface area contributed by atoms with Gasteiger partial charge >= 0.3 is 0 Å². The van der Waals surface area contributed by atoms with Crippen LogP contribution in [0.1, 0.15) is 23.3 Å². The van der Waals surface area contributed by atoms with E-state index in [0.717, 1.165) is 6.42 Å². The van der Waals surface area contributed by atoms with Crippen LogP contribution in [-0.4, -0.2) is 29.4 Å². The molecule has 1 unspecified atom stereocenters. The second-order valence-corrected chi connectivity index (χ2v) is 5.95. The molecule has 1 aromatic heterocycles. The molecule has 6 nitrogen and oxygen atoms in total. The van der Waals surface area contributed by atoms with E-state index in [1.54, 1.807) is 23.1 Å². The van der Waals surface area contributed by atoms with Crippen LogP contribution >= 0.6 is 11.6 Å². The van der Waals surface area contributed by atoms with E-state index < -0.39 is 11.9 Å². The highest BCUT2D eigenvalue weighted by Crippen LogP contribution is 2.28. The van der Waals surface area contributed by atoms with Gasteiger partial charge in [-0.1, -0.05) is 29.8 Å². The van der Waals surface area contributed by atoms with Crippen molar-refractivity contribution in [3.8, 4) is 0 Å². The van der Waals surface area contributed by atoms with Crippen LogP contribution < -0.4 is 15.8 Å². The molecule has 1 fully saturated rings. The molecule has 2 amide bonds. The Hall–Kier alpha value is -2.60. The molecular weight excluding hydrogens is 330 g/mol. The molecule has 3 rings (SSSR count). The number of piperidine rings is 1. The molecule has 2 N–H and O–H groups in total. The summed E-state index contributed by atoms with van der Waals surface area (Å²) in [6.07, 6.45) is 1.29. The summed E-state index contributed by atoms with van der Waals surface area (Å²) < 4.78 is 0. The first-order valence-corrected chi connectivity index (χ1v) is 8.00. The molecule has 0 spiro atoms. The minimum Gasteiger partial charge on any atom is -0.339 e. The van der Waals surface area contributed by atoms with Crippen molar-refractivity contribution < 1.29 is 9.59 Å². The van der Waals surface area contributed by atoms with Gasteiger partial charge in [-0.3, -0.25) is 14.4 Å².